The van der Waals surface area contributed by atoms with Crippen molar-refractivity contribution in [2.24, 2.45) is 0 Å². The Bertz CT molecular complexity index is 554. The predicted molar refractivity (Wildman–Crippen MR) is 88.1 cm³/mol. The Balaban J connectivity index is 1.67. The molecule has 0 aromatic heterocycles. The molecule has 6 nitrogen and oxygen atoms in total. The normalized spacial score (nSPS) is 14.9. The van der Waals surface area contributed by atoms with E-state index in [0.29, 0.717) is 5.75 Å². The highest BCUT2D eigenvalue weighted by Gasteiger charge is 2.15. The summed E-state index contributed by atoms with van der Waals surface area (Å²) in [4.78, 5) is 23.4. The second-order valence-corrected chi connectivity index (χ2v) is 6.04. The summed E-state index contributed by atoms with van der Waals surface area (Å²) in [6, 6.07) is 5.57. The highest BCUT2D eigenvalue weighted by Crippen LogP contribution is 2.18. The summed E-state index contributed by atoms with van der Waals surface area (Å²) in [5.74, 6) is 0.265. The summed E-state index contributed by atoms with van der Waals surface area (Å²) >= 11 is 0. The molecule has 0 saturated heterocycles. The summed E-state index contributed by atoms with van der Waals surface area (Å²) in [6.07, 6.45) is 5.50. The fourth-order valence-electron chi connectivity index (χ4n) is 2.74. The van der Waals surface area contributed by atoms with Gasteiger partial charge in [0.2, 0.25) is 0 Å². The summed E-state index contributed by atoms with van der Waals surface area (Å²) < 4.78 is 5.45. The van der Waals surface area contributed by atoms with Crippen molar-refractivity contribution in [3.05, 3.63) is 29.3 Å². The van der Waals surface area contributed by atoms with Crippen LogP contribution in [0.2, 0.25) is 0 Å². The summed E-state index contributed by atoms with van der Waals surface area (Å²) in [5, 5.41) is 2.86. The molecule has 1 saturated carbocycles. The molecule has 1 aliphatic rings. The molecule has 3 N–H and O–H groups in total. The van der Waals surface area contributed by atoms with Crippen molar-refractivity contribution in [2.45, 2.75) is 52.0 Å². The molecule has 126 valence electrons. The van der Waals surface area contributed by atoms with Gasteiger partial charge in [0.1, 0.15) is 5.75 Å². The zero-order valence-electron chi connectivity index (χ0n) is 13.8. The lowest BCUT2D eigenvalue weighted by molar-refractivity contribution is -0.123. The molecule has 3 amide bonds. The number of urea groups is 1. The Kier molecular flexibility index (Phi) is 6.26. The molecule has 0 unspecified atom stereocenters. The van der Waals surface area contributed by atoms with Crippen LogP contribution in [0.25, 0.3) is 0 Å². The van der Waals surface area contributed by atoms with E-state index in [0.717, 1.165) is 36.8 Å². The molecule has 6 heteroatoms. The third-order valence-electron chi connectivity index (χ3n) is 3.95. The van der Waals surface area contributed by atoms with Crippen LogP contribution in [0.15, 0.2) is 18.2 Å². The quantitative estimate of drug-likeness (QED) is 0.745. The first-order valence-electron chi connectivity index (χ1n) is 8.10. The number of carbonyl (C=O) groups is 2. The van der Waals surface area contributed by atoms with E-state index in [1.165, 1.54) is 6.42 Å². The van der Waals surface area contributed by atoms with Crippen molar-refractivity contribution in [1.29, 1.82) is 0 Å². The molecule has 2 rings (SSSR count). The standard InChI is InChI=1S/C17H25N3O3/c1-12-8-9-15(13(2)10-12)23-11-16(21)19-20-17(22)18-14-6-4-3-5-7-14/h8-10,14H,3-7,11H2,1-2H3,(H,19,21)(H2,18,20,22). The molecular weight excluding hydrogens is 294 g/mol. The Morgan fingerprint density at radius 3 is 2.57 bits per heavy atom. The zero-order valence-corrected chi connectivity index (χ0v) is 13.8. The van der Waals surface area contributed by atoms with Crippen LogP contribution >= 0.6 is 0 Å². The Morgan fingerprint density at radius 1 is 1.13 bits per heavy atom. The summed E-state index contributed by atoms with van der Waals surface area (Å²) in [6.45, 7) is 3.78. The second-order valence-electron chi connectivity index (χ2n) is 6.04. The number of hydrogen-bond acceptors (Lipinski definition) is 3. The molecule has 0 spiro atoms. The first-order chi connectivity index (χ1) is 11.0. The van der Waals surface area contributed by atoms with E-state index < -0.39 is 5.91 Å². The number of hydrogen-bond donors (Lipinski definition) is 3. The maximum absolute atomic E-state index is 11.7. The SMILES string of the molecule is Cc1ccc(OCC(=O)NNC(=O)NC2CCCCC2)c(C)c1. The zero-order chi connectivity index (χ0) is 16.7. The lowest BCUT2D eigenvalue weighted by atomic mass is 9.96. The van der Waals surface area contributed by atoms with Crippen LogP contribution in [-0.2, 0) is 4.79 Å². The van der Waals surface area contributed by atoms with Gasteiger partial charge in [0.25, 0.3) is 5.91 Å². The number of aryl methyl sites for hydroxylation is 2. The van der Waals surface area contributed by atoms with Crippen molar-refractivity contribution in [3.8, 4) is 5.75 Å². The third-order valence-corrected chi connectivity index (χ3v) is 3.95. The molecule has 1 fully saturated rings. The molecule has 0 heterocycles. The fraction of sp³-hybridized carbons (Fsp3) is 0.529. The van der Waals surface area contributed by atoms with E-state index in [1.807, 2.05) is 32.0 Å². The van der Waals surface area contributed by atoms with Crippen molar-refractivity contribution < 1.29 is 14.3 Å². The number of benzene rings is 1. The van der Waals surface area contributed by atoms with Crippen LogP contribution in [0, 0.1) is 13.8 Å². The summed E-state index contributed by atoms with van der Waals surface area (Å²) in [7, 11) is 0. The lowest BCUT2D eigenvalue weighted by Gasteiger charge is -2.22. The van der Waals surface area contributed by atoms with E-state index in [2.05, 4.69) is 16.2 Å². The van der Waals surface area contributed by atoms with Gasteiger partial charge in [0.15, 0.2) is 6.61 Å². The maximum atomic E-state index is 11.7. The minimum atomic E-state index is -0.399. The van der Waals surface area contributed by atoms with Crippen molar-refractivity contribution in [2.75, 3.05) is 6.61 Å². The highest BCUT2D eigenvalue weighted by atomic mass is 16.5. The Morgan fingerprint density at radius 2 is 1.87 bits per heavy atom. The topological polar surface area (TPSA) is 79.5 Å². The molecule has 1 aliphatic carbocycles. The van der Waals surface area contributed by atoms with Gasteiger partial charge in [-0.25, -0.2) is 10.2 Å². The van der Waals surface area contributed by atoms with E-state index >= 15 is 0 Å². The average molecular weight is 319 g/mol. The van der Waals surface area contributed by atoms with Gasteiger partial charge >= 0.3 is 6.03 Å². The largest absolute Gasteiger partial charge is 0.483 e. The number of ether oxygens (including phenoxy) is 1. The van der Waals surface area contributed by atoms with Crippen molar-refractivity contribution >= 4 is 11.9 Å². The van der Waals surface area contributed by atoms with Crippen molar-refractivity contribution in [1.82, 2.24) is 16.2 Å². The molecule has 1 aromatic rings. The summed E-state index contributed by atoms with van der Waals surface area (Å²) in [5.41, 5.74) is 6.82. The van der Waals surface area contributed by atoms with Gasteiger partial charge in [-0.3, -0.25) is 10.2 Å². The maximum Gasteiger partial charge on any atom is 0.333 e. The monoisotopic (exact) mass is 319 g/mol. The van der Waals surface area contributed by atoms with Crippen molar-refractivity contribution in [3.63, 3.8) is 0 Å². The highest BCUT2D eigenvalue weighted by molar-refractivity contribution is 5.82. The smallest absolute Gasteiger partial charge is 0.333 e. The van der Waals surface area contributed by atoms with E-state index in [4.69, 9.17) is 4.74 Å². The van der Waals surface area contributed by atoms with Crippen LogP contribution in [0.1, 0.15) is 43.2 Å². The number of carbonyl (C=O) groups excluding carboxylic acids is 2. The lowest BCUT2D eigenvalue weighted by Crippen LogP contribution is -2.51. The van der Waals surface area contributed by atoms with Gasteiger partial charge in [-0.1, -0.05) is 37.0 Å². The molecule has 0 atom stereocenters. The predicted octanol–water partition coefficient (Wildman–Crippen LogP) is 2.35. The second kappa shape index (κ2) is 8.41. The van der Waals surface area contributed by atoms with Gasteiger partial charge < -0.3 is 10.1 Å². The van der Waals surface area contributed by atoms with E-state index in [-0.39, 0.29) is 18.7 Å². The van der Waals surface area contributed by atoms with E-state index in [1.54, 1.807) is 0 Å². The van der Waals surface area contributed by atoms with Gasteiger partial charge in [0, 0.05) is 6.04 Å². The first kappa shape index (κ1) is 17.1. The number of hydrazine groups is 1. The van der Waals surface area contributed by atoms with E-state index in [9.17, 15) is 9.59 Å². The first-order valence-corrected chi connectivity index (χ1v) is 8.10. The van der Waals surface area contributed by atoms with Gasteiger partial charge in [-0.05, 0) is 38.3 Å². The molecule has 23 heavy (non-hydrogen) atoms. The van der Waals surface area contributed by atoms with Crippen LogP contribution in [0.5, 0.6) is 5.75 Å². The molecule has 0 aliphatic heterocycles. The Labute approximate surface area is 136 Å². The number of amides is 3. The molecular formula is C17H25N3O3. The minimum absolute atomic E-state index is 0.145. The molecule has 1 aromatic carbocycles. The number of rotatable bonds is 4. The molecule has 0 bridgehead atoms. The van der Waals surface area contributed by atoms with Crippen LogP contribution in [-0.4, -0.2) is 24.6 Å². The number of nitrogens with one attached hydrogen (secondary N) is 3. The fourth-order valence-corrected chi connectivity index (χ4v) is 2.74. The average Bonchev–Trinajstić information content (AvgIpc) is 2.53. The van der Waals surface area contributed by atoms with Gasteiger partial charge in [-0.2, -0.15) is 0 Å². The van der Waals surface area contributed by atoms with Gasteiger partial charge in [0.05, 0.1) is 0 Å². The van der Waals surface area contributed by atoms with Gasteiger partial charge in [-0.15, -0.1) is 0 Å². The minimum Gasteiger partial charge on any atom is -0.483 e. The third kappa shape index (κ3) is 5.81. The van der Waals surface area contributed by atoms with Crippen LogP contribution in [0.3, 0.4) is 0 Å². The molecule has 0 radical (unpaired) electrons. The Hall–Kier alpha value is -2.24. The van der Waals surface area contributed by atoms with Crippen LogP contribution in [0.4, 0.5) is 4.79 Å². The van der Waals surface area contributed by atoms with Crippen LogP contribution < -0.4 is 20.9 Å².